The second-order valence-corrected chi connectivity index (χ2v) is 8.55. The van der Waals surface area contributed by atoms with Crippen molar-refractivity contribution >= 4 is 21.6 Å². The molecule has 1 saturated heterocycles. The second-order valence-electron chi connectivity index (χ2n) is 6.21. The minimum Gasteiger partial charge on any atom is -0.492 e. The van der Waals surface area contributed by atoms with Crippen molar-refractivity contribution in [2.24, 2.45) is 11.8 Å². The molecule has 0 saturated carbocycles. The van der Waals surface area contributed by atoms with Crippen LogP contribution in [0.15, 0.2) is 23.1 Å². The van der Waals surface area contributed by atoms with E-state index in [0.29, 0.717) is 42.3 Å². The predicted molar refractivity (Wildman–Crippen MR) is 88.9 cm³/mol. The topological polar surface area (TPSA) is 46.6 Å². The summed E-state index contributed by atoms with van der Waals surface area (Å²) in [6, 6.07) is 4.79. The van der Waals surface area contributed by atoms with Crippen molar-refractivity contribution in [1.29, 1.82) is 0 Å². The molecule has 1 aromatic rings. The summed E-state index contributed by atoms with van der Waals surface area (Å²) in [4.78, 5) is 0.176. The van der Waals surface area contributed by atoms with Gasteiger partial charge in [0, 0.05) is 18.1 Å². The molecule has 1 fully saturated rings. The largest absolute Gasteiger partial charge is 0.492 e. The molecule has 0 bridgehead atoms. The molecule has 6 heteroatoms. The first-order chi connectivity index (χ1) is 10.3. The van der Waals surface area contributed by atoms with E-state index in [-0.39, 0.29) is 4.90 Å². The van der Waals surface area contributed by atoms with Crippen LogP contribution in [0.2, 0.25) is 5.02 Å². The van der Waals surface area contributed by atoms with Crippen LogP contribution in [-0.4, -0.2) is 32.4 Å². The summed E-state index contributed by atoms with van der Waals surface area (Å²) < 4.78 is 33.2. The number of benzene rings is 1. The molecule has 0 radical (unpaired) electrons. The van der Waals surface area contributed by atoms with Crippen LogP contribution in [-0.2, 0) is 10.0 Å². The molecular formula is C16H24ClNO3S. The van der Waals surface area contributed by atoms with E-state index in [1.165, 1.54) is 6.07 Å². The van der Waals surface area contributed by atoms with Gasteiger partial charge in [0.2, 0.25) is 10.0 Å². The summed E-state index contributed by atoms with van der Waals surface area (Å²) in [5.74, 6) is 1.10. The molecule has 0 unspecified atom stereocenters. The van der Waals surface area contributed by atoms with Gasteiger partial charge in [0.05, 0.1) is 6.61 Å². The Bertz CT molecular complexity index is 608. The first kappa shape index (κ1) is 17.6. The van der Waals surface area contributed by atoms with Gasteiger partial charge in [-0.15, -0.1) is 0 Å². The highest BCUT2D eigenvalue weighted by atomic mass is 35.5. The Balaban J connectivity index is 2.37. The van der Waals surface area contributed by atoms with Crippen molar-refractivity contribution in [3.05, 3.63) is 23.2 Å². The fourth-order valence-electron chi connectivity index (χ4n) is 2.96. The molecule has 0 aromatic heterocycles. The minimum atomic E-state index is -3.59. The molecule has 4 nitrogen and oxygen atoms in total. The maximum Gasteiger partial charge on any atom is 0.246 e. The van der Waals surface area contributed by atoms with Gasteiger partial charge in [0.1, 0.15) is 10.6 Å². The van der Waals surface area contributed by atoms with Gasteiger partial charge in [0.25, 0.3) is 0 Å². The summed E-state index contributed by atoms with van der Waals surface area (Å²) in [6.07, 6.45) is 1.88. The lowest BCUT2D eigenvalue weighted by molar-refractivity contribution is 0.221. The average Bonchev–Trinajstić information content (AvgIpc) is 2.45. The number of rotatable bonds is 5. The Kier molecular flexibility index (Phi) is 5.75. The van der Waals surface area contributed by atoms with E-state index in [0.717, 1.165) is 12.8 Å². The van der Waals surface area contributed by atoms with Crippen molar-refractivity contribution in [3.63, 3.8) is 0 Å². The SMILES string of the molecule is CCCOc1ccc(Cl)cc1S(=O)(=O)N1C[C@H](C)C[C@@H](C)C1. The lowest BCUT2D eigenvalue weighted by Gasteiger charge is -2.34. The highest BCUT2D eigenvalue weighted by molar-refractivity contribution is 7.89. The second kappa shape index (κ2) is 7.20. The Morgan fingerprint density at radius 3 is 2.50 bits per heavy atom. The van der Waals surface area contributed by atoms with Gasteiger partial charge in [-0.05, 0) is 42.9 Å². The van der Waals surface area contributed by atoms with Crippen LogP contribution < -0.4 is 4.74 Å². The maximum absolute atomic E-state index is 13.0. The monoisotopic (exact) mass is 345 g/mol. The van der Waals surface area contributed by atoms with Crippen molar-refractivity contribution in [3.8, 4) is 5.75 Å². The molecule has 1 aliphatic heterocycles. The quantitative estimate of drug-likeness (QED) is 0.815. The number of piperidine rings is 1. The number of sulfonamides is 1. The van der Waals surface area contributed by atoms with E-state index >= 15 is 0 Å². The molecule has 1 aliphatic rings. The van der Waals surface area contributed by atoms with Gasteiger partial charge < -0.3 is 4.74 Å². The van der Waals surface area contributed by atoms with Crippen LogP contribution in [0.25, 0.3) is 0 Å². The standard InChI is InChI=1S/C16H24ClNO3S/c1-4-7-21-15-6-5-14(17)9-16(15)22(19,20)18-10-12(2)8-13(3)11-18/h5-6,9,12-13H,4,7-8,10-11H2,1-3H3/t12-,13-/m1/s1. The lowest BCUT2D eigenvalue weighted by Crippen LogP contribution is -2.42. The molecule has 1 heterocycles. The Hall–Kier alpha value is -0.780. The first-order valence-electron chi connectivity index (χ1n) is 7.77. The molecular weight excluding hydrogens is 322 g/mol. The number of ether oxygens (including phenoxy) is 1. The van der Waals surface area contributed by atoms with Crippen molar-refractivity contribution in [2.45, 2.75) is 38.5 Å². The maximum atomic E-state index is 13.0. The molecule has 2 rings (SSSR count). The predicted octanol–water partition coefficient (Wildman–Crippen LogP) is 3.80. The molecule has 0 N–H and O–H groups in total. The van der Waals surface area contributed by atoms with Gasteiger partial charge in [0.15, 0.2) is 0 Å². The van der Waals surface area contributed by atoms with E-state index in [4.69, 9.17) is 16.3 Å². The molecule has 0 amide bonds. The number of hydrogen-bond donors (Lipinski definition) is 0. The van der Waals surface area contributed by atoms with Crippen LogP contribution >= 0.6 is 11.6 Å². The summed E-state index contributed by atoms with van der Waals surface area (Å²) in [6.45, 7) is 7.74. The third-order valence-electron chi connectivity index (χ3n) is 3.82. The number of nitrogens with zero attached hydrogens (tertiary/aromatic N) is 1. The zero-order valence-electron chi connectivity index (χ0n) is 13.4. The fraction of sp³-hybridized carbons (Fsp3) is 0.625. The Morgan fingerprint density at radius 1 is 1.27 bits per heavy atom. The zero-order valence-corrected chi connectivity index (χ0v) is 15.0. The fourth-order valence-corrected chi connectivity index (χ4v) is 5.03. The van der Waals surface area contributed by atoms with E-state index in [9.17, 15) is 8.42 Å². The Morgan fingerprint density at radius 2 is 1.91 bits per heavy atom. The lowest BCUT2D eigenvalue weighted by atomic mass is 9.94. The molecule has 0 aliphatic carbocycles. The Labute approximate surface area is 138 Å². The van der Waals surface area contributed by atoms with Gasteiger partial charge in [-0.2, -0.15) is 4.31 Å². The highest BCUT2D eigenvalue weighted by Crippen LogP contribution is 2.33. The molecule has 22 heavy (non-hydrogen) atoms. The highest BCUT2D eigenvalue weighted by Gasteiger charge is 2.33. The van der Waals surface area contributed by atoms with Gasteiger partial charge >= 0.3 is 0 Å². The number of hydrogen-bond acceptors (Lipinski definition) is 3. The van der Waals surface area contributed by atoms with E-state index in [2.05, 4.69) is 13.8 Å². The summed E-state index contributed by atoms with van der Waals surface area (Å²) in [7, 11) is -3.59. The van der Waals surface area contributed by atoms with Crippen LogP contribution in [0, 0.1) is 11.8 Å². The molecule has 1 aromatic carbocycles. The van der Waals surface area contributed by atoms with E-state index < -0.39 is 10.0 Å². The summed E-state index contributed by atoms with van der Waals surface area (Å²) >= 11 is 6.01. The molecule has 2 atom stereocenters. The third-order valence-corrected chi connectivity index (χ3v) is 5.91. The molecule has 124 valence electrons. The minimum absolute atomic E-state index is 0.176. The van der Waals surface area contributed by atoms with Crippen molar-refractivity contribution in [1.82, 2.24) is 4.31 Å². The van der Waals surface area contributed by atoms with Crippen LogP contribution in [0.1, 0.15) is 33.6 Å². The summed E-state index contributed by atoms with van der Waals surface area (Å²) in [5, 5.41) is 0.403. The summed E-state index contributed by atoms with van der Waals surface area (Å²) in [5.41, 5.74) is 0. The molecule has 0 spiro atoms. The average molecular weight is 346 g/mol. The van der Waals surface area contributed by atoms with Crippen LogP contribution in [0.5, 0.6) is 5.75 Å². The van der Waals surface area contributed by atoms with Gasteiger partial charge in [-0.3, -0.25) is 0 Å². The van der Waals surface area contributed by atoms with E-state index in [1.54, 1.807) is 16.4 Å². The smallest absolute Gasteiger partial charge is 0.246 e. The van der Waals surface area contributed by atoms with Crippen molar-refractivity contribution in [2.75, 3.05) is 19.7 Å². The van der Waals surface area contributed by atoms with Gasteiger partial charge in [-0.1, -0.05) is 32.4 Å². The zero-order chi connectivity index (χ0) is 16.3. The van der Waals surface area contributed by atoms with Gasteiger partial charge in [-0.25, -0.2) is 8.42 Å². The normalized spacial score (nSPS) is 23.5. The van der Waals surface area contributed by atoms with Crippen LogP contribution in [0.4, 0.5) is 0 Å². The first-order valence-corrected chi connectivity index (χ1v) is 9.59. The van der Waals surface area contributed by atoms with Crippen LogP contribution in [0.3, 0.4) is 0 Å². The van der Waals surface area contributed by atoms with Crippen molar-refractivity contribution < 1.29 is 13.2 Å². The number of halogens is 1. The van der Waals surface area contributed by atoms with E-state index in [1.807, 2.05) is 6.92 Å². The third kappa shape index (κ3) is 3.94.